The van der Waals surface area contributed by atoms with Crippen LogP contribution in [-0.4, -0.2) is 85.0 Å². The van der Waals surface area contributed by atoms with Gasteiger partial charge in [-0.3, -0.25) is 47.1 Å². The lowest BCUT2D eigenvalue weighted by atomic mass is 10.1. The Bertz CT molecular complexity index is 1710. The van der Waals surface area contributed by atoms with E-state index in [1.54, 1.807) is 0 Å². The molecule has 0 aromatic carbocycles. The number of H-pyrrole nitrogens is 2. The van der Waals surface area contributed by atoms with Gasteiger partial charge in [0.25, 0.3) is 11.1 Å². The van der Waals surface area contributed by atoms with Crippen LogP contribution in [0.2, 0.25) is 0 Å². The van der Waals surface area contributed by atoms with E-state index in [0.29, 0.717) is 0 Å². The molecule has 18 nitrogen and oxygen atoms in total. The minimum absolute atomic E-state index is 0.0408. The molecule has 1 amide bonds. The number of rotatable bonds is 13. The second kappa shape index (κ2) is 14.9. The first kappa shape index (κ1) is 36.6. The maximum atomic E-state index is 14.0. The number of aryl methyl sites for hydroxylation is 2. The molecule has 1 unspecified atom stereocenters. The highest BCUT2D eigenvalue weighted by Crippen LogP contribution is 2.53. The summed E-state index contributed by atoms with van der Waals surface area (Å²) in [7, 11) is -4.54. The number of aliphatic hydroxyl groups is 2. The predicted octanol–water partition coefficient (Wildman–Crippen LogP) is -0.147. The summed E-state index contributed by atoms with van der Waals surface area (Å²) in [5.41, 5.74) is -2.60. The number of aromatic amines is 2. The van der Waals surface area contributed by atoms with E-state index < -0.39 is 85.9 Å². The molecule has 4 rings (SSSR count). The Hall–Kier alpha value is -3.22. The number of hydrogen-bond acceptors (Lipinski definition) is 13. The molecule has 5 N–H and O–H groups in total. The average Bonchev–Trinajstić information content (AvgIpc) is 3.55. The first-order chi connectivity index (χ1) is 22.0. The van der Waals surface area contributed by atoms with Gasteiger partial charge in [-0.05, 0) is 41.0 Å². The van der Waals surface area contributed by atoms with Crippen LogP contribution < -0.4 is 27.8 Å². The highest BCUT2D eigenvalue weighted by atomic mass is 31.2. The highest BCUT2D eigenvalue weighted by molar-refractivity contribution is 7.48. The van der Waals surface area contributed by atoms with Gasteiger partial charge in [0.2, 0.25) is 5.91 Å². The Morgan fingerprint density at radius 1 is 0.979 bits per heavy atom. The van der Waals surface area contributed by atoms with Crippen LogP contribution in [0.5, 0.6) is 0 Å². The second-order valence-electron chi connectivity index (χ2n) is 12.6. The Morgan fingerprint density at radius 2 is 1.53 bits per heavy atom. The molecule has 0 aliphatic carbocycles. The van der Waals surface area contributed by atoms with Crippen LogP contribution in [0.4, 0.5) is 0 Å². The number of nitrogens with zero attached hydrogens (tertiary/aromatic N) is 2. The van der Waals surface area contributed by atoms with Gasteiger partial charge in [0.1, 0.15) is 30.8 Å². The minimum atomic E-state index is -4.54. The quantitative estimate of drug-likeness (QED) is 0.136. The molecule has 2 aromatic rings. The van der Waals surface area contributed by atoms with Gasteiger partial charge in [-0.2, -0.15) is 0 Å². The first-order valence-electron chi connectivity index (χ1n) is 15.1. The Morgan fingerprint density at radius 3 is 2.09 bits per heavy atom. The fourth-order valence-electron chi connectivity index (χ4n) is 5.10. The van der Waals surface area contributed by atoms with Crippen LogP contribution in [0, 0.1) is 13.8 Å². The van der Waals surface area contributed by atoms with E-state index in [4.69, 9.17) is 23.0 Å². The molecule has 2 aliphatic rings. The van der Waals surface area contributed by atoms with E-state index in [1.165, 1.54) is 26.2 Å². The summed E-state index contributed by atoms with van der Waals surface area (Å²) in [6, 6.07) is 0. The Labute approximate surface area is 268 Å². The van der Waals surface area contributed by atoms with Crippen molar-refractivity contribution in [3.63, 3.8) is 0 Å². The zero-order valence-corrected chi connectivity index (χ0v) is 27.7. The van der Waals surface area contributed by atoms with Gasteiger partial charge in [-0.25, -0.2) is 14.2 Å². The lowest BCUT2D eigenvalue weighted by Gasteiger charge is -2.25. The minimum Gasteiger partial charge on any atom is -0.394 e. The topological polar surface area (TPSA) is 242 Å². The molecule has 7 atom stereocenters. The van der Waals surface area contributed by atoms with Crippen molar-refractivity contribution in [1.82, 2.24) is 24.4 Å². The standard InChI is InChI=1S/C28H42N5O13P/c1-15-11-32(26(39)29-24(15)37)22-9-17(35)20(45-22)14-43-47(41,42-8-6-7-21(36)31-28(3,4)5)46-18-10-23(44-19(18)13-34)33-12-16(2)25(38)30-27(33)40/h11-12,17-20,22-23,34-35H,6-10,13-14H2,1-5H3,(H,31,36)(H,29,37,39)(H,30,38,40)/t17-,18-,19+,20+,22+,23+,47?/m0/s1. The third-order valence-electron chi connectivity index (χ3n) is 7.45. The van der Waals surface area contributed by atoms with Crippen molar-refractivity contribution < 1.29 is 42.6 Å². The van der Waals surface area contributed by atoms with E-state index in [9.17, 15) is 38.8 Å². The fraction of sp³-hybridized carbons (Fsp3) is 0.679. The number of carbonyl (C=O) groups is 1. The summed E-state index contributed by atoms with van der Waals surface area (Å²) in [5.74, 6) is -0.256. The summed E-state index contributed by atoms with van der Waals surface area (Å²) >= 11 is 0. The second-order valence-corrected chi connectivity index (χ2v) is 14.2. The van der Waals surface area contributed by atoms with Gasteiger partial charge in [0.15, 0.2) is 0 Å². The van der Waals surface area contributed by atoms with E-state index >= 15 is 0 Å². The van der Waals surface area contributed by atoms with Crippen molar-refractivity contribution in [2.45, 2.75) is 103 Å². The van der Waals surface area contributed by atoms with Crippen molar-refractivity contribution in [3.8, 4) is 0 Å². The molecular weight excluding hydrogens is 645 g/mol. The number of hydrogen-bond donors (Lipinski definition) is 5. The molecular formula is C28H42N5O13P. The molecule has 2 aromatic heterocycles. The van der Waals surface area contributed by atoms with Crippen LogP contribution in [0.15, 0.2) is 31.6 Å². The summed E-state index contributed by atoms with van der Waals surface area (Å²) < 4.78 is 44.8. The zero-order valence-electron chi connectivity index (χ0n) is 26.8. The lowest BCUT2D eigenvalue weighted by Crippen LogP contribution is -2.40. The van der Waals surface area contributed by atoms with Gasteiger partial charge in [0.05, 0.1) is 25.9 Å². The first-order valence-corrected chi connectivity index (χ1v) is 16.6. The average molecular weight is 688 g/mol. The van der Waals surface area contributed by atoms with Crippen LogP contribution in [0.1, 0.15) is 70.0 Å². The largest absolute Gasteiger partial charge is 0.475 e. The van der Waals surface area contributed by atoms with Crippen molar-refractivity contribution in [1.29, 1.82) is 0 Å². The normalized spacial score (nSPS) is 25.9. The number of phosphoric ester groups is 1. The maximum absolute atomic E-state index is 14.0. The Balaban J connectivity index is 1.48. The van der Waals surface area contributed by atoms with Crippen LogP contribution in [0.25, 0.3) is 0 Å². The van der Waals surface area contributed by atoms with Crippen molar-refractivity contribution >= 4 is 13.7 Å². The number of carbonyl (C=O) groups excluding carboxylic acids is 1. The van der Waals surface area contributed by atoms with Gasteiger partial charge < -0.3 is 25.0 Å². The van der Waals surface area contributed by atoms with Crippen molar-refractivity contribution in [3.05, 3.63) is 65.2 Å². The molecule has 4 heterocycles. The van der Waals surface area contributed by atoms with E-state index in [0.717, 1.165) is 9.13 Å². The number of nitrogens with one attached hydrogen (secondary N) is 3. The predicted molar refractivity (Wildman–Crippen MR) is 164 cm³/mol. The monoisotopic (exact) mass is 687 g/mol. The highest BCUT2D eigenvalue weighted by Gasteiger charge is 2.44. The van der Waals surface area contributed by atoms with Crippen LogP contribution in [-0.2, 0) is 32.4 Å². The summed E-state index contributed by atoms with van der Waals surface area (Å²) in [5, 5.41) is 23.5. The smallest absolute Gasteiger partial charge is 0.394 e. The number of amides is 1. The van der Waals surface area contributed by atoms with E-state index in [2.05, 4.69) is 15.3 Å². The number of aromatic nitrogens is 4. The number of aliphatic hydroxyl groups excluding tert-OH is 2. The van der Waals surface area contributed by atoms with Crippen molar-refractivity contribution in [2.24, 2.45) is 0 Å². The molecule has 19 heteroatoms. The molecule has 2 fully saturated rings. The van der Waals surface area contributed by atoms with Crippen molar-refractivity contribution in [2.75, 3.05) is 19.8 Å². The van der Waals surface area contributed by atoms with E-state index in [1.807, 2.05) is 20.8 Å². The zero-order chi connectivity index (χ0) is 34.7. The SMILES string of the molecule is Cc1cn([C@H]2C[C@H](OP(=O)(OCCCC(=O)NC(C)(C)C)OC[C@H]3O[C@@H](n4cc(C)c(=O)[nH]c4=O)C[C@@H]3O)[C@@H](CO)O2)c(=O)[nH]c1=O. The van der Waals surface area contributed by atoms with E-state index in [-0.39, 0.29) is 49.3 Å². The van der Waals surface area contributed by atoms with Crippen LogP contribution >= 0.6 is 7.82 Å². The molecule has 262 valence electrons. The molecule has 0 bridgehead atoms. The Kier molecular flexibility index (Phi) is 11.6. The maximum Gasteiger partial charge on any atom is 0.475 e. The lowest BCUT2D eigenvalue weighted by molar-refractivity contribution is -0.122. The van der Waals surface area contributed by atoms with Gasteiger partial charge >= 0.3 is 19.2 Å². The number of ether oxygens (including phenoxy) is 2. The van der Waals surface area contributed by atoms with Crippen LogP contribution in [0.3, 0.4) is 0 Å². The molecule has 47 heavy (non-hydrogen) atoms. The number of phosphoric acid groups is 1. The molecule has 0 saturated carbocycles. The summed E-state index contributed by atoms with van der Waals surface area (Å²) in [4.78, 5) is 65.0. The third-order valence-corrected chi connectivity index (χ3v) is 8.94. The molecule has 0 radical (unpaired) electrons. The molecule has 2 saturated heterocycles. The van der Waals surface area contributed by atoms with Gasteiger partial charge in [-0.1, -0.05) is 0 Å². The molecule has 2 aliphatic heterocycles. The molecule has 0 spiro atoms. The summed E-state index contributed by atoms with van der Waals surface area (Å²) in [6.45, 7) is 7.13. The fourth-order valence-corrected chi connectivity index (χ4v) is 6.53. The van der Waals surface area contributed by atoms with Gasteiger partial charge in [-0.15, -0.1) is 0 Å². The summed E-state index contributed by atoms with van der Waals surface area (Å²) in [6.07, 6.45) is -3.81. The van der Waals surface area contributed by atoms with Gasteiger partial charge in [0, 0.05) is 48.3 Å². The third kappa shape index (κ3) is 9.45.